The van der Waals surface area contributed by atoms with Crippen LogP contribution in [0, 0.1) is 0 Å². The number of carbonyl (C=O) groups excluding carboxylic acids is 3. The van der Waals surface area contributed by atoms with Crippen molar-refractivity contribution in [2.24, 2.45) is 0 Å². The van der Waals surface area contributed by atoms with Gasteiger partial charge in [-0.25, -0.2) is 9.78 Å². The van der Waals surface area contributed by atoms with Gasteiger partial charge >= 0.3 is 5.97 Å². The van der Waals surface area contributed by atoms with Gasteiger partial charge in [0, 0.05) is 18.3 Å². The van der Waals surface area contributed by atoms with E-state index in [9.17, 15) is 14.4 Å². The third kappa shape index (κ3) is 5.12. The molecule has 0 radical (unpaired) electrons. The fourth-order valence-corrected chi connectivity index (χ4v) is 3.41. The van der Waals surface area contributed by atoms with Gasteiger partial charge in [0.15, 0.2) is 11.7 Å². The van der Waals surface area contributed by atoms with Crippen molar-refractivity contribution in [1.82, 2.24) is 4.98 Å². The van der Waals surface area contributed by atoms with Gasteiger partial charge in [0.05, 0.1) is 11.1 Å². The Balaban J connectivity index is 1.49. The Morgan fingerprint density at radius 1 is 0.912 bits per heavy atom. The van der Waals surface area contributed by atoms with Crippen LogP contribution in [0.1, 0.15) is 30.6 Å². The highest BCUT2D eigenvalue weighted by atomic mass is 16.5. The number of benzene rings is 3. The van der Waals surface area contributed by atoms with Crippen molar-refractivity contribution < 1.29 is 23.5 Å². The number of aromatic nitrogens is 1. The monoisotopic (exact) mass is 457 g/mol. The summed E-state index contributed by atoms with van der Waals surface area (Å²) >= 11 is 0. The fourth-order valence-electron chi connectivity index (χ4n) is 3.41. The van der Waals surface area contributed by atoms with Gasteiger partial charge in [0.1, 0.15) is 5.52 Å². The maximum absolute atomic E-state index is 13.0. The van der Waals surface area contributed by atoms with E-state index in [1.165, 1.54) is 6.92 Å². The van der Waals surface area contributed by atoms with Gasteiger partial charge < -0.3 is 19.8 Å². The van der Waals surface area contributed by atoms with Gasteiger partial charge in [-0.2, -0.15) is 0 Å². The van der Waals surface area contributed by atoms with Crippen LogP contribution in [0.5, 0.6) is 0 Å². The number of esters is 1. The lowest BCUT2D eigenvalue weighted by Gasteiger charge is -2.17. The highest BCUT2D eigenvalue weighted by molar-refractivity contribution is 6.00. The van der Waals surface area contributed by atoms with Crippen LogP contribution in [-0.2, 0) is 14.3 Å². The number of oxazole rings is 1. The molecule has 172 valence electrons. The molecule has 1 unspecified atom stereocenters. The first-order chi connectivity index (χ1) is 16.4. The summed E-state index contributed by atoms with van der Waals surface area (Å²) < 4.78 is 11.4. The molecule has 3 aromatic carbocycles. The topological polar surface area (TPSA) is 111 Å². The number of hydrogen-bond donors (Lipinski definition) is 2. The summed E-state index contributed by atoms with van der Waals surface area (Å²) in [5.41, 5.74) is 3.14. The van der Waals surface area contributed by atoms with E-state index in [4.69, 9.17) is 9.15 Å². The molecule has 0 saturated heterocycles. The van der Waals surface area contributed by atoms with Crippen molar-refractivity contribution >= 4 is 40.3 Å². The van der Waals surface area contributed by atoms with Crippen molar-refractivity contribution in [2.75, 3.05) is 10.6 Å². The zero-order valence-electron chi connectivity index (χ0n) is 18.7. The molecule has 8 heteroatoms. The predicted molar refractivity (Wildman–Crippen MR) is 128 cm³/mol. The molecular weight excluding hydrogens is 434 g/mol. The molecule has 0 aliphatic rings. The van der Waals surface area contributed by atoms with Gasteiger partial charge in [0.2, 0.25) is 11.8 Å². The molecule has 0 aliphatic heterocycles. The molecule has 1 aromatic heterocycles. The number of ether oxygens (including phenoxy) is 1. The zero-order chi connectivity index (χ0) is 24.1. The van der Waals surface area contributed by atoms with Crippen molar-refractivity contribution in [3.63, 3.8) is 0 Å². The summed E-state index contributed by atoms with van der Waals surface area (Å²) in [5, 5.41) is 5.39. The molecule has 0 saturated carbocycles. The second-order valence-electron chi connectivity index (χ2n) is 7.58. The lowest BCUT2D eigenvalue weighted by molar-refractivity contribution is -0.124. The average Bonchev–Trinajstić information content (AvgIpc) is 3.27. The molecule has 0 spiro atoms. The smallest absolute Gasteiger partial charge is 0.339 e. The molecule has 0 aliphatic carbocycles. The molecule has 4 aromatic rings. The third-order valence-corrected chi connectivity index (χ3v) is 5.06. The predicted octanol–water partition coefficient (Wildman–Crippen LogP) is 5.03. The van der Waals surface area contributed by atoms with Crippen LogP contribution in [0.25, 0.3) is 22.6 Å². The average molecular weight is 457 g/mol. The van der Waals surface area contributed by atoms with Crippen LogP contribution in [0.3, 0.4) is 0 Å². The maximum Gasteiger partial charge on any atom is 0.339 e. The van der Waals surface area contributed by atoms with Crippen molar-refractivity contribution in [3.05, 3.63) is 78.4 Å². The summed E-state index contributed by atoms with van der Waals surface area (Å²) in [6.45, 7) is 3.17. The first-order valence-electron chi connectivity index (χ1n) is 10.8. The lowest BCUT2D eigenvalue weighted by atomic mass is 10.1. The van der Waals surface area contributed by atoms with Gasteiger partial charge in [-0.15, -0.1) is 0 Å². The zero-order valence-corrected chi connectivity index (χ0v) is 18.7. The molecule has 2 N–H and O–H groups in total. The summed E-state index contributed by atoms with van der Waals surface area (Å²) in [5.74, 6) is -0.998. The van der Waals surface area contributed by atoms with E-state index in [0.29, 0.717) is 33.9 Å². The van der Waals surface area contributed by atoms with E-state index < -0.39 is 18.0 Å². The number of carbonyl (C=O) groups is 3. The quantitative estimate of drug-likeness (QED) is 0.377. The Morgan fingerprint density at radius 2 is 1.56 bits per heavy atom. The number of nitrogens with zero attached hydrogens (tertiary/aromatic N) is 1. The molecular formula is C26H23N3O5. The molecule has 4 rings (SSSR count). The maximum atomic E-state index is 13.0. The molecule has 1 atom stereocenters. The van der Waals surface area contributed by atoms with Crippen LogP contribution in [0.15, 0.2) is 77.2 Å². The minimum atomic E-state index is -1.00. The number of para-hydroxylation sites is 2. The van der Waals surface area contributed by atoms with Crippen LogP contribution < -0.4 is 10.6 Å². The SMILES string of the molecule is CCC(OC(=O)c1ccccc1-c1nc2ccccc2o1)C(=O)Nc1ccc(NC(C)=O)cc1. The number of fused-ring (bicyclic) bond motifs is 1. The number of amides is 2. The van der Waals surface area contributed by atoms with E-state index in [1.54, 1.807) is 61.5 Å². The number of anilines is 2. The Labute approximate surface area is 195 Å². The number of nitrogens with one attached hydrogen (secondary N) is 2. The largest absolute Gasteiger partial charge is 0.449 e. The first-order valence-corrected chi connectivity index (χ1v) is 10.8. The van der Waals surface area contributed by atoms with E-state index in [0.717, 1.165) is 0 Å². The van der Waals surface area contributed by atoms with Crippen LogP contribution in [0.2, 0.25) is 0 Å². The van der Waals surface area contributed by atoms with E-state index >= 15 is 0 Å². The normalized spacial score (nSPS) is 11.6. The fraction of sp³-hybridized carbons (Fsp3) is 0.154. The summed E-state index contributed by atoms with van der Waals surface area (Å²) in [4.78, 5) is 41.4. The standard InChI is InChI=1S/C26H23N3O5/c1-3-22(24(31)28-18-14-12-17(13-15-18)27-16(2)30)34-26(32)20-9-5-4-8-19(20)25-29-21-10-6-7-11-23(21)33-25/h4-15,22H,3H2,1-2H3,(H,27,30)(H,28,31). The molecule has 1 heterocycles. The summed E-state index contributed by atoms with van der Waals surface area (Å²) in [6.07, 6.45) is -0.716. The van der Waals surface area contributed by atoms with Crippen molar-refractivity contribution in [1.29, 1.82) is 0 Å². The van der Waals surface area contributed by atoms with Gasteiger partial charge in [0.25, 0.3) is 5.91 Å². The first kappa shape index (κ1) is 22.7. The minimum Gasteiger partial charge on any atom is -0.449 e. The summed E-state index contributed by atoms with van der Waals surface area (Å²) in [6, 6.07) is 20.8. The van der Waals surface area contributed by atoms with Gasteiger partial charge in [-0.05, 0) is 55.0 Å². The lowest BCUT2D eigenvalue weighted by Crippen LogP contribution is -2.32. The molecule has 0 bridgehead atoms. The number of rotatable bonds is 7. The van der Waals surface area contributed by atoms with Crippen molar-refractivity contribution in [2.45, 2.75) is 26.4 Å². The van der Waals surface area contributed by atoms with E-state index in [1.807, 2.05) is 18.2 Å². The van der Waals surface area contributed by atoms with Crippen LogP contribution in [0.4, 0.5) is 11.4 Å². The second-order valence-corrected chi connectivity index (χ2v) is 7.58. The molecule has 8 nitrogen and oxygen atoms in total. The van der Waals surface area contributed by atoms with Gasteiger partial charge in [-0.1, -0.05) is 31.2 Å². The second kappa shape index (κ2) is 9.99. The van der Waals surface area contributed by atoms with Crippen LogP contribution >= 0.6 is 0 Å². The summed E-state index contributed by atoms with van der Waals surface area (Å²) in [7, 11) is 0. The molecule has 34 heavy (non-hydrogen) atoms. The van der Waals surface area contributed by atoms with Crippen LogP contribution in [-0.4, -0.2) is 28.9 Å². The minimum absolute atomic E-state index is 0.187. The highest BCUT2D eigenvalue weighted by Gasteiger charge is 2.25. The number of hydrogen-bond acceptors (Lipinski definition) is 6. The van der Waals surface area contributed by atoms with E-state index in [-0.39, 0.29) is 17.9 Å². The third-order valence-electron chi connectivity index (χ3n) is 5.06. The Kier molecular flexibility index (Phi) is 6.68. The molecule has 2 amide bonds. The van der Waals surface area contributed by atoms with Gasteiger partial charge in [-0.3, -0.25) is 9.59 Å². The van der Waals surface area contributed by atoms with E-state index in [2.05, 4.69) is 15.6 Å². The Morgan fingerprint density at radius 3 is 2.24 bits per heavy atom. The highest BCUT2D eigenvalue weighted by Crippen LogP contribution is 2.28. The van der Waals surface area contributed by atoms with Crippen molar-refractivity contribution in [3.8, 4) is 11.5 Å². The Hall–Kier alpha value is -4.46. The molecule has 0 fully saturated rings. The Bertz CT molecular complexity index is 1310.